The van der Waals surface area contributed by atoms with Crippen molar-refractivity contribution >= 4 is 27.5 Å². The van der Waals surface area contributed by atoms with Crippen LogP contribution in [-0.2, 0) is 11.2 Å². The van der Waals surface area contributed by atoms with Crippen molar-refractivity contribution in [2.24, 2.45) is 0 Å². The number of rotatable bonds is 3. The summed E-state index contributed by atoms with van der Waals surface area (Å²) in [6, 6.07) is 6.27. The Hall–Kier alpha value is -1.92. The lowest BCUT2D eigenvalue weighted by atomic mass is 10.1. The SMILES string of the molecule is CCc1cccc2[nH]c(-c3csc(N4CCOCC4)n3)nc12. The summed E-state index contributed by atoms with van der Waals surface area (Å²) in [6.45, 7) is 5.53. The fraction of sp³-hybridized carbons (Fsp3) is 0.375. The van der Waals surface area contributed by atoms with Crippen LogP contribution in [-0.4, -0.2) is 41.3 Å². The van der Waals surface area contributed by atoms with Gasteiger partial charge in [0.25, 0.3) is 0 Å². The maximum Gasteiger partial charge on any atom is 0.186 e. The fourth-order valence-corrected chi connectivity index (χ4v) is 3.64. The molecule has 2 aromatic heterocycles. The van der Waals surface area contributed by atoms with E-state index in [4.69, 9.17) is 14.7 Å². The molecule has 0 atom stereocenters. The van der Waals surface area contributed by atoms with Crippen LogP contribution in [0.3, 0.4) is 0 Å². The van der Waals surface area contributed by atoms with Gasteiger partial charge >= 0.3 is 0 Å². The molecule has 0 saturated carbocycles. The molecule has 0 spiro atoms. The third kappa shape index (κ3) is 2.38. The number of H-pyrrole nitrogens is 1. The van der Waals surface area contributed by atoms with E-state index in [1.54, 1.807) is 11.3 Å². The second-order valence-electron chi connectivity index (χ2n) is 5.37. The lowest BCUT2D eigenvalue weighted by molar-refractivity contribution is 0.122. The quantitative estimate of drug-likeness (QED) is 0.807. The number of morpholine rings is 1. The Bertz CT molecular complexity index is 788. The standard InChI is InChI=1S/C16H18N4OS/c1-2-11-4-3-5-12-14(11)19-15(17-12)13-10-22-16(18-13)20-6-8-21-9-7-20/h3-5,10H,2,6-9H2,1H3,(H,17,19). The number of benzene rings is 1. The summed E-state index contributed by atoms with van der Waals surface area (Å²) < 4.78 is 5.39. The molecule has 3 heterocycles. The summed E-state index contributed by atoms with van der Waals surface area (Å²) in [5, 5.41) is 3.13. The molecule has 0 radical (unpaired) electrons. The van der Waals surface area contributed by atoms with E-state index in [2.05, 4.69) is 40.4 Å². The number of thiazole rings is 1. The fourth-order valence-electron chi connectivity index (χ4n) is 2.77. The minimum atomic E-state index is 0.777. The van der Waals surface area contributed by atoms with Crippen LogP contribution >= 0.6 is 11.3 Å². The number of hydrogen-bond acceptors (Lipinski definition) is 5. The summed E-state index contributed by atoms with van der Waals surface area (Å²) in [5.74, 6) is 0.853. The molecule has 114 valence electrons. The van der Waals surface area contributed by atoms with Gasteiger partial charge in [0.05, 0.1) is 24.2 Å². The Morgan fingerprint density at radius 2 is 2.14 bits per heavy atom. The third-order valence-electron chi connectivity index (χ3n) is 3.99. The first-order chi connectivity index (χ1) is 10.8. The Balaban J connectivity index is 1.68. The van der Waals surface area contributed by atoms with Crippen LogP contribution < -0.4 is 4.90 Å². The number of fused-ring (bicyclic) bond motifs is 1. The van der Waals surface area contributed by atoms with Gasteiger partial charge in [-0.2, -0.15) is 0 Å². The van der Waals surface area contributed by atoms with Crippen LogP contribution in [0.25, 0.3) is 22.6 Å². The van der Waals surface area contributed by atoms with Gasteiger partial charge in [-0.3, -0.25) is 0 Å². The molecular formula is C16H18N4OS. The summed E-state index contributed by atoms with van der Waals surface area (Å²) in [4.78, 5) is 15.2. The Morgan fingerprint density at radius 3 is 2.95 bits per heavy atom. The number of nitrogens with one attached hydrogen (secondary N) is 1. The predicted octanol–water partition coefficient (Wildman–Crippen LogP) is 3.09. The Morgan fingerprint density at radius 1 is 1.27 bits per heavy atom. The molecule has 1 saturated heterocycles. The summed E-state index contributed by atoms with van der Waals surface area (Å²) in [6.07, 6.45) is 0.984. The van der Waals surface area contributed by atoms with Crippen LogP contribution in [0.15, 0.2) is 23.6 Å². The van der Waals surface area contributed by atoms with E-state index < -0.39 is 0 Å². The van der Waals surface area contributed by atoms with Gasteiger partial charge in [-0.15, -0.1) is 11.3 Å². The number of nitrogens with zero attached hydrogens (tertiary/aromatic N) is 3. The Kier molecular flexibility index (Phi) is 3.56. The lowest BCUT2D eigenvalue weighted by Gasteiger charge is -2.25. The molecule has 6 heteroatoms. The number of imidazole rings is 1. The maximum atomic E-state index is 5.39. The predicted molar refractivity (Wildman–Crippen MR) is 89.6 cm³/mol. The number of hydrogen-bond donors (Lipinski definition) is 1. The molecule has 1 aliphatic rings. The van der Waals surface area contributed by atoms with Gasteiger partial charge < -0.3 is 14.6 Å². The van der Waals surface area contributed by atoms with Gasteiger partial charge in [0.2, 0.25) is 0 Å². The van der Waals surface area contributed by atoms with Crippen LogP contribution in [0.2, 0.25) is 0 Å². The van der Waals surface area contributed by atoms with E-state index in [1.807, 2.05) is 0 Å². The first-order valence-electron chi connectivity index (χ1n) is 7.61. The van der Waals surface area contributed by atoms with Crippen LogP contribution in [0.5, 0.6) is 0 Å². The van der Waals surface area contributed by atoms with Crippen molar-refractivity contribution < 1.29 is 4.74 Å². The van der Waals surface area contributed by atoms with Crippen molar-refractivity contribution in [3.63, 3.8) is 0 Å². The van der Waals surface area contributed by atoms with Crippen molar-refractivity contribution in [1.29, 1.82) is 0 Å². The molecule has 5 nitrogen and oxygen atoms in total. The van der Waals surface area contributed by atoms with Gasteiger partial charge in [0.15, 0.2) is 11.0 Å². The molecule has 1 aromatic carbocycles. The van der Waals surface area contributed by atoms with Crippen LogP contribution in [0, 0.1) is 0 Å². The monoisotopic (exact) mass is 314 g/mol. The van der Waals surface area contributed by atoms with Crippen molar-refractivity contribution in [1.82, 2.24) is 15.0 Å². The molecule has 1 N–H and O–H groups in total. The number of para-hydroxylation sites is 1. The second-order valence-corrected chi connectivity index (χ2v) is 6.20. The van der Waals surface area contributed by atoms with Gasteiger partial charge in [0.1, 0.15) is 5.69 Å². The van der Waals surface area contributed by atoms with E-state index in [1.165, 1.54) is 5.56 Å². The number of anilines is 1. The highest BCUT2D eigenvalue weighted by Crippen LogP contribution is 2.28. The third-order valence-corrected chi connectivity index (χ3v) is 4.89. The van der Waals surface area contributed by atoms with E-state index in [-0.39, 0.29) is 0 Å². The molecule has 1 fully saturated rings. The first kappa shape index (κ1) is 13.7. The van der Waals surface area contributed by atoms with E-state index in [0.717, 1.165) is 60.4 Å². The minimum Gasteiger partial charge on any atom is -0.378 e. The minimum absolute atomic E-state index is 0.777. The van der Waals surface area contributed by atoms with Gasteiger partial charge in [-0.05, 0) is 18.1 Å². The van der Waals surface area contributed by atoms with Crippen molar-refractivity contribution in [3.8, 4) is 11.5 Å². The zero-order valence-electron chi connectivity index (χ0n) is 12.5. The molecule has 0 unspecified atom stereocenters. The molecule has 4 rings (SSSR count). The lowest BCUT2D eigenvalue weighted by Crippen LogP contribution is -2.36. The molecular weight excluding hydrogens is 296 g/mol. The highest BCUT2D eigenvalue weighted by molar-refractivity contribution is 7.14. The zero-order valence-corrected chi connectivity index (χ0v) is 13.3. The van der Waals surface area contributed by atoms with E-state index >= 15 is 0 Å². The van der Waals surface area contributed by atoms with Crippen molar-refractivity contribution in [3.05, 3.63) is 29.1 Å². The van der Waals surface area contributed by atoms with Gasteiger partial charge in [0, 0.05) is 18.5 Å². The normalized spacial score (nSPS) is 15.6. The summed E-state index contributed by atoms with van der Waals surface area (Å²) >= 11 is 1.67. The highest BCUT2D eigenvalue weighted by atomic mass is 32.1. The number of aromatic nitrogens is 3. The average Bonchev–Trinajstić information content (AvgIpc) is 3.21. The van der Waals surface area contributed by atoms with E-state index in [0.29, 0.717) is 0 Å². The number of ether oxygens (including phenoxy) is 1. The maximum absolute atomic E-state index is 5.39. The molecule has 1 aliphatic heterocycles. The highest BCUT2D eigenvalue weighted by Gasteiger charge is 2.17. The van der Waals surface area contributed by atoms with Crippen LogP contribution in [0.1, 0.15) is 12.5 Å². The smallest absolute Gasteiger partial charge is 0.186 e. The molecule has 3 aromatic rings. The molecule has 0 aliphatic carbocycles. The average molecular weight is 314 g/mol. The van der Waals surface area contributed by atoms with Crippen molar-refractivity contribution in [2.75, 3.05) is 31.2 Å². The molecule has 0 amide bonds. The van der Waals surface area contributed by atoms with Crippen LogP contribution in [0.4, 0.5) is 5.13 Å². The Labute approximate surface area is 133 Å². The summed E-state index contributed by atoms with van der Waals surface area (Å²) in [7, 11) is 0. The molecule has 0 bridgehead atoms. The second kappa shape index (κ2) is 5.70. The van der Waals surface area contributed by atoms with E-state index in [9.17, 15) is 0 Å². The summed E-state index contributed by atoms with van der Waals surface area (Å²) in [5.41, 5.74) is 4.32. The van der Waals surface area contributed by atoms with Gasteiger partial charge in [-0.25, -0.2) is 9.97 Å². The first-order valence-corrected chi connectivity index (χ1v) is 8.49. The van der Waals surface area contributed by atoms with Crippen molar-refractivity contribution in [2.45, 2.75) is 13.3 Å². The van der Waals surface area contributed by atoms with Gasteiger partial charge in [-0.1, -0.05) is 19.1 Å². The largest absolute Gasteiger partial charge is 0.378 e. The zero-order chi connectivity index (χ0) is 14.9. The topological polar surface area (TPSA) is 54.0 Å². The number of aromatic amines is 1. The number of aryl methyl sites for hydroxylation is 1. The molecule has 22 heavy (non-hydrogen) atoms.